The highest BCUT2D eigenvalue weighted by molar-refractivity contribution is 7.18. The number of hydrogen-bond acceptors (Lipinski definition) is 5. The molecule has 4 nitrogen and oxygen atoms in total. The maximum Gasteiger partial charge on any atom is 0.182 e. The molecule has 0 unspecified atom stereocenters. The van der Waals surface area contributed by atoms with E-state index in [1.165, 1.54) is 11.3 Å². The summed E-state index contributed by atoms with van der Waals surface area (Å²) in [7, 11) is 0. The number of aromatic nitrogens is 1. The largest absolute Gasteiger partial charge is 0.375 e. The number of hydrogen-bond donors (Lipinski definition) is 1. The maximum atomic E-state index is 5.48. The molecule has 15 heavy (non-hydrogen) atoms. The van der Waals surface area contributed by atoms with Crippen molar-refractivity contribution in [1.29, 1.82) is 0 Å². The molecule has 1 aromatic heterocycles. The highest BCUT2D eigenvalue weighted by Crippen LogP contribution is 2.25. The topological polar surface area (TPSA) is 63.6 Å². The van der Waals surface area contributed by atoms with E-state index in [1.54, 1.807) is 6.20 Å². The van der Waals surface area contributed by atoms with E-state index in [4.69, 9.17) is 5.73 Å². The highest BCUT2D eigenvalue weighted by Gasteiger charge is 1.95. The smallest absolute Gasteiger partial charge is 0.182 e. The van der Waals surface area contributed by atoms with Gasteiger partial charge >= 0.3 is 0 Å². The van der Waals surface area contributed by atoms with Gasteiger partial charge in [-0.25, -0.2) is 4.98 Å². The standard InChI is InChI=1S/C10H10N4S/c1-7-3-2-4-8(5-7)13-14-9-6-12-10(11)15-9/h2-6H,1H3,(H2,11,12). The average molecular weight is 218 g/mol. The van der Waals surface area contributed by atoms with Gasteiger partial charge in [0.2, 0.25) is 0 Å². The Morgan fingerprint density at radius 3 is 2.87 bits per heavy atom. The predicted molar refractivity (Wildman–Crippen MR) is 61.9 cm³/mol. The fraction of sp³-hybridized carbons (Fsp3) is 0.100. The molecule has 76 valence electrons. The van der Waals surface area contributed by atoms with Gasteiger partial charge in [0, 0.05) is 0 Å². The molecule has 0 fully saturated rings. The molecule has 1 heterocycles. The fourth-order valence-corrected chi connectivity index (χ4v) is 1.63. The van der Waals surface area contributed by atoms with Crippen LogP contribution in [-0.4, -0.2) is 4.98 Å². The summed E-state index contributed by atoms with van der Waals surface area (Å²) < 4.78 is 0. The molecule has 0 saturated carbocycles. The Kier molecular flexibility index (Phi) is 2.73. The van der Waals surface area contributed by atoms with Crippen molar-refractivity contribution in [3.63, 3.8) is 0 Å². The molecular weight excluding hydrogens is 208 g/mol. The van der Waals surface area contributed by atoms with Crippen molar-refractivity contribution in [1.82, 2.24) is 4.98 Å². The van der Waals surface area contributed by atoms with Crippen molar-refractivity contribution in [3.05, 3.63) is 36.0 Å². The third kappa shape index (κ3) is 2.60. The van der Waals surface area contributed by atoms with Crippen LogP contribution in [0, 0.1) is 6.92 Å². The lowest BCUT2D eigenvalue weighted by atomic mass is 10.2. The van der Waals surface area contributed by atoms with E-state index < -0.39 is 0 Å². The molecule has 2 aromatic rings. The number of aryl methyl sites for hydroxylation is 1. The van der Waals surface area contributed by atoms with Crippen LogP contribution in [0.3, 0.4) is 0 Å². The van der Waals surface area contributed by atoms with Crippen molar-refractivity contribution >= 4 is 27.2 Å². The predicted octanol–water partition coefficient (Wildman–Crippen LogP) is 3.45. The van der Waals surface area contributed by atoms with Gasteiger partial charge in [0.1, 0.15) is 0 Å². The Balaban J connectivity index is 2.18. The Bertz CT molecular complexity index is 490. The summed E-state index contributed by atoms with van der Waals surface area (Å²) in [5, 5.41) is 9.35. The minimum atomic E-state index is 0.508. The van der Waals surface area contributed by atoms with Gasteiger partial charge in [0.05, 0.1) is 11.9 Å². The van der Waals surface area contributed by atoms with E-state index in [0.29, 0.717) is 10.1 Å². The molecule has 2 N–H and O–H groups in total. The molecule has 0 spiro atoms. The zero-order chi connectivity index (χ0) is 10.7. The maximum absolute atomic E-state index is 5.48. The minimum absolute atomic E-state index is 0.508. The van der Waals surface area contributed by atoms with E-state index >= 15 is 0 Å². The van der Waals surface area contributed by atoms with Crippen LogP contribution in [0.25, 0.3) is 0 Å². The summed E-state index contributed by atoms with van der Waals surface area (Å²) >= 11 is 1.32. The molecule has 0 radical (unpaired) electrons. The third-order valence-corrected chi connectivity index (χ3v) is 2.49. The van der Waals surface area contributed by atoms with Crippen LogP contribution in [-0.2, 0) is 0 Å². The fourth-order valence-electron chi connectivity index (χ4n) is 1.12. The van der Waals surface area contributed by atoms with Gasteiger partial charge in [-0.1, -0.05) is 23.5 Å². The van der Waals surface area contributed by atoms with E-state index in [2.05, 4.69) is 15.2 Å². The summed E-state index contributed by atoms with van der Waals surface area (Å²) in [5.74, 6) is 0. The first-order valence-corrected chi connectivity index (χ1v) is 5.25. The first kappa shape index (κ1) is 9.79. The molecule has 0 aliphatic rings. The quantitative estimate of drug-likeness (QED) is 0.784. The molecule has 2 rings (SSSR count). The van der Waals surface area contributed by atoms with Crippen LogP contribution in [0.5, 0.6) is 0 Å². The molecule has 0 saturated heterocycles. The molecule has 1 aromatic carbocycles. The molecule has 0 aliphatic carbocycles. The van der Waals surface area contributed by atoms with E-state index in [0.717, 1.165) is 11.3 Å². The van der Waals surface area contributed by atoms with Crippen molar-refractivity contribution in [2.45, 2.75) is 6.92 Å². The monoisotopic (exact) mass is 218 g/mol. The minimum Gasteiger partial charge on any atom is -0.375 e. The lowest BCUT2D eigenvalue weighted by molar-refractivity contribution is 1.23. The highest BCUT2D eigenvalue weighted by atomic mass is 32.1. The zero-order valence-electron chi connectivity index (χ0n) is 8.21. The van der Waals surface area contributed by atoms with Gasteiger partial charge in [-0.2, -0.15) is 0 Å². The van der Waals surface area contributed by atoms with Gasteiger partial charge in [0.25, 0.3) is 0 Å². The summed E-state index contributed by atoms with van der Waals surface area (Å²) in [5.41, 5.74) is 7.47. The number of nitrogens with zero attached hydrogens (tertiary/aromatic N) is 3. The molecule has 0 bridgehead atoms. The lowest BCUT2D eigenvalue weighted by Crippen LogP contribution is -1.77. The van der Waals surface area contributed by atoms with Crippen molar-refractivity contribution in [2.75, 3.05) is 5.73 Å². The summed E-state index contributed by atoms with van der Waals surface area (Å²) in [4.78, 5) is 3.89. The SMILES string of the molecule is Cc1cccc(N=Nc2cnc(N)s2)c1. The Morgan fingerprint density at radius 1 is 1.33 bits per heavy atom. The molecular formula is C10H10N4S. The normalized spacial score (nSPS) is 11.0. The van der Waals surface area contributed by atoms with Crippen molar-refractivity contribution in [2.24, 2.45) is 10.2 Å². The van der Waals surface area contributed by atoms with Crippen LogP contribution >= 0.6 is 11.3 Å². The van der Waals surface area contributed by atoms with E-state index in [9.17, 15) is 0 Å². The van der Waals surface area contributed by atoms with E-state index in [-0.39, 0.29) is 0 Å². The Morgan fingerprint density at radius 2 is 2.20 bits per heavy atom. The second-order valence-electron chi connectivity index (χ2n) is 3.08. The Labute approximate surface area is 91.5 Å². The molecule has 0 aliphatic heterocycles. The Hall–Kier alpha value is -1.75. The van der Waals surface area contributed by atoms with Gasteiger partial charge in [-0.3, -0.25) is 0 Å². The molecule has 0 amide bonds. The number of nitrogen functional groups attached to an aromatic ring is 1. The number of anilines is 1. The summed E-state index contributed by atoms with van der Waals surface area (Å²) in [6.07, 6.45) is 1.61. The van der Waals surface area contributed by atoms with Crippen LogP contribution in [0.2, 0.25) is 0 Å². The van der Waals surface area contributed by atoms with Crippen LogP contribution < -0.4 is 5.73 Å². The summed E-state index contributed by atoms with van der Waals surface area (Å²) in [6, 6.07) is 7.84. The number of thiazole rings is 1. The number of azo groups is 1. The van der Waals surface area contributed by atoms with Gasteiger partial charge in [-0.05, 0) is 24.6 Å². The van der Waals surface area contributed by atoms with Gasteiger partial charge in [0.15, 0.2) is 10.1 Å². The number of benzene rings is 1. The molecule has 0 atom stereocenters. The first-order valence-electron chi connectivity index (χ1n) is 4.44. The summed E-state index contributed by atoms with van der Waals surface area (Å²) in [6.45, 7) is 2.02. The van der Waals surface area contributed by atoms with Gasteiger partial charge in [-0.15, -0.1) is 10.2 Å². The van der Waals surface area contributed by atoms with Crippen LogP contribution in [0.4, 0.5) is 15.8 Å². The van der Waals surface area contributed by atoms with Crippen molar-refractivity contribution in [3.8, 4) is 0 Å². The first-order chi connectivity index (χ1) is 7.24. The number of nitrogens with two attached hydrogens (primary N) is 1. The second kappa shape index (κ2) is 4.18. The van der Waals surface area contributed by atoms with Gasteiger partial charge < -0.3 is 5.73 Å². The second-order valence-corrected chi connectivity index (χ2v) is 4.12. The average Bonchev–Trinajstić information content (AvgIpc) is 2.62. The lowest BCUT2D eigenvalue weighted by Gasteiger charge is -1.92. The molecule has 5 heteroatoms. The third-order valence-electron chi connectivity index (χ3n) is 1.78. The van der Waals surface area contributed by atoms with Crippen molar-refractivity contribution < 1.29 is 0 Å². The zero-order valence-corrected chi connectivity index (χ0v) is 9.03. The van der Waals surface area contributed by atoms with Crippen LogP contribution in [0.1, 0.15) is 5.56 Å². The number of rotatable bonds is 2. The van der Waals surface area contributed by atoms with Crippen LogP contribution in [0.15, 0.2) is 40.7 Å². The van der Waals surface area contributed by atoms with E-state index in [1.807, 2.05) is 31.2 Å².